The normalized spacial score (nSPS) is 14.1. The van der Waals surface area contributed by atoms with E-state index in [0.717, 1.165) is 17.8 Å². The minimum Gasteiger partial charge on any atom is -0.401 e. The molecule has 3 nitrogen and oxygen atoms in total. The molecule has 0 aliphatic rings. The van der Waals surface area contributed by atoms with Crippen molar-refractivity contribution in [3.63, 3.8) is 0 Å². The lowest BCUT2D eigenvalue weighted by Crippen LogP contribution is -1.97. The highest BCUT2D eigenvalue weighted by Crippen LogP contribution is 2.02. The van der Waals surface area contributed by atoms with Crippen molar-refractivity contribution < 1.29 is 0 Å². The van der Waals surface area contributed by atoms with Gasteiger partial charge in [0, 0.05) is 12.7 Å². The van der Waals surface area contributed by atoms with E-state index < -0.39 is 0 Å². The van der Waals surface area contributed by atoms with Gasteiger partial charge in [-0.3, -0.25) is 0 Å². The zero-order chi connectivity index (χ0) is 7.28. The Morgan fingerprint density at radius 1 is 1.56 bits per heavy atom. The van der Waals surface area contributed by atoms with Gasteiger partial charge in [0.1, 0.15) is 0 Å². The molecule has 0 aromatic rings. The minimum atomic E-state index is 0.806. The SMILES string of the molecule is CC/C(N)=C(C)/N=N\C. The molecule has 0 heterocycles. The van der Waals surface area contributed by atoms with Crippen LogP contribution in [0, 0.1) is 0 Å². The van der Waals surface area contributed by atoms with E-state index in [-0.39, 0.29) is 0 Å². The third kappa shape index (κ3) is 2.85. The number of hydrogen-bond donors (Lipinski definition) is 1. The molecule has 0 rings (SSSR count). The molecule has 0 amide bonds. The van der Waals surface area contributed by atoms with Gasteiger partial charge in [-0.25, -0.2) is 0 Å². The number of allylic oxidation sites excluding steroid dienone is 2. The molecule has 0 saturated carbocycles. The highest BCUT2D eigenvalue weighted by atomic mass is 15.1. The second-order valence-corrected chi connectivity index (χ2v) is 1.76. The van der Waals surface area contributed by atoms with E-state index in [1.165, 1.54) is 0 Å². The Morgan fingerprint density at radius 2 is 2.11 bits per heavy atom. The van der Waals surface area contributed by atoms with Crippen LogP contribution in [0.25, 0.3) is 0 Å². The number of nitrogens with two attached hydrogens (primary N) is 1. The number of azo groups is 1. The van der Waals surface area contributed by atoms with Crippen LogP contribution in [0.15, 0.2) is 21.6 Å². The number of hydrogen-bond acceptors (Lipinski definition) is 3. The summed E-state index contributed by atoms with van der Waals surface area (Å²) < 4.78 is 0. The Bertz CT molecular complexity index is 135. The second kappa shape index (κ2) is 4.06. The van der Waals surface area contributed by atoms with Crippen molar-refractivity contribution in [2.24, 2.45) is 16.0 Å². The summed E-state index contributed by atoms with van der Waals surface area (Å²) in [6.07, 6.45) is 0.838. The molecule has 0 atom stereocenters. The zero-order valence-corrected chi connectivity index (χ0v) is 6.18. The van der Waals surface area contributed by atoms with Crippen molar-refractivity contribution in [3.8, 4) is 0 Å². The second-order valence-electron chi connectivity index (χ2n) is 1.76. The van der Waals surface area contributed by atoms with Crippen molar-refractivity contribution in [1.29, 1.82) is 0 Å². The molecule has 0 spiro atoms. The maximum absolute atomic E-state index is 5.53. The maximum atomic E-state index is 5.53. The van der Waals surface area contributed by atoms with Crippen LogP contribution in [0.2, 0.25) is 0 Å². The first-order chi connectivity index (χ1) is 4.22. The summed E-state index contributed by atoms with van der Waals surface area (Å²) in [7, 11) is 1.63. The molecule has 2 N–H and O–H groups in total. The molecule has 0 unspecified atom stereocenters. The first kappa shape index (κ1) is 8.14. The Morgan fingerprint density at radius 3 is 2.44 bits per heavy atom. The van der Waals surface area contributed by atoms with Crippen molar-refractivity contribution >= 4 is 0 Å². The fourth-order valence-corrected chi connectivity index (χ4v) is 0.470. The average Bonchev–Trinajstić information content (AvgIpc) is 1.87. The first-order valence-corrected chi connectivity index (χ1v) is 2.97. The van der Waals surface area contributed by atoms with Crippen LogP contribution in [0.3, 0.4) is 0 Å². The Hall–Kier alpha value is -0.860. The lowest BCUT2D eigenvalue weighted by molar-refractivity contribution is 0.970. The molecular formula is C6H13N3. The molecule has 0 radical (unpaired) electrons. The predicted octanol–water partition coefficient (Wildman–Crippen LogP) is 1.67. The quantitative estimate of drug-likeness (QED) is 0.563. The molecule has 0 fully saturated rings. The molecule has 0 aromatic heterocycles. The van der Waals surface area contributed by atoms with Crippen LogP contribution in [-0.2, 0) is 0 Å². The topological polar surface area (TPSA) is 50.7 Å². The van der Waals surface area contributed by atoms with Gasteiger partial charge in [-0.2, -0.15) is 10.2 Å². The van der Waals surface area contributed by atoms with Crippen molar-refractivity contribution in [1.82, 2.24) is 0 Å². The summed E-state index contributed by atoms with van der Waals surface area (Å²) >= 11 is 0. The molecule has 0 bridgehead atoms. The largest absolute Gasteiger partial charge is 0.401 e. The summed E-state index contributed by atoms with van der Waals surface area (Å²) in [6, 6.07) is 0. The predicted molar refractivity (Wildman–Crippen MR) is 38.0 cm³/mol. The third-order valence-electron chi connectivity index (χ3n) is 1.10. The van der Waals surface area contributed by atoms with Crippen molar-refractivity contribution in [3.05, 3.63) is 11.4 Å². The van der Waals surface area contributed by atoms with Crippen LogP contribution < -0.4 is 5.73 Å². The van der Waals surface area contributed by atoms with E-state index in [0.29, 0.717) is 0 Å². The summed E-state index contributed by atoms with van der Waals surface area (Å²) in [5, 5.41) is 7.37. The summed E-state index contributed by atoms with van der Waals surface area (Å²) in [5.74, 6) is 0. The minimum absolute atomic E-state index is 0.806. The molecule has 3 heteroatoms. The highest BCUT2D eigenvalue weighted by molar-refractivity contribution is 5.04. The van der Waals surface area contributed by atoms with E-state index in [9.17, 15) is 0 Å². The Balaban J connectivity index is 4.10. The Kier molecular flexibility index (Phi) is 3.67. The molecule has 0 aliphatic carbocycles. The van der Waals surface area contributed by atoms with Gasteiger partial charge in [0.05, 0.1) is 5.70 Å². The van der Waals surface area contributed by atoms with Gasteiger partial charge >= 0.3 is 0 Å². The average molecular weight is 127 g/mol. The van der Waals surface area contributed by atoms with Crippen LogP contribution in [-0.4, -0.2) is 7.05 Å². The summed E-state index contributed by atoms with van der Waals surface area (Å²) in [4.78, 5) is 0. The third-order valence-corrected chi connectivity index (χ3v) is 1.10. The van der Waals surface area contributed by atoms with Crippen LogP contribution in [0.5, 0.6) is 0 Å². The monoisotopic (exact) mass is 127 g/mol. The van der Waals surface area contributed by atoms with E-state index in [4.69, 9.17) is 5.73 Å². The lowest BCUT2D eigenvalue weighted by atomic mass is 10.3. The lowest BCUT2D eigenvalue weighted by Gasteiger charge is -1.95. The summed E-state index contributed by atoms with van der Waals surface area (Å²) in [6.45, 7) is 3.84. The van der Waals surface area contributed by atoms with Gasteiger partial charge < -0.3 is 5.73 Å². The molecule has 0 aromatic carbocycles. The fourth-order valence-electron chi connectivity index (χ4n) is 0.470. The zero-order valence-electron chi connectivity index (χ0n) is 6.18. The van der Waals surface area contributed by atoms with Gasteiger partial charge in [-0.05, 0) is 13.3 Å². The Labute approximate surface area is 55.7 Å². The first-order valence-electron chi connectivity index (χ1n) is 2.97. The molecular weight excluding hydrogens is 114 g/mol. The van der Waals surface area contributed by atoms with Crippen molar-refractivity contribution in [2.75, 3.05) is 7.05 Å². The molecule has 0 saturated heterocycles. The number of nitrogens with zero attached hydrogens (tertiary/aromatic N) is 2. The van der Waals surface area contributed by atoms with Crippen LogP contribution in [0.1, 0.15) is 20.3 Å². The van der Waals surface area contributed by atoms with E-state index in [1.54, 1.807) is 7.05 Å². The van der Waals surface area contributed by atoms with Gasteiger partial charge in [-0.15, -0.1) is 0 Å². The smallest absolute Gasteiger partial charge is 0.0781 e. The standard InChI is InChI=1S/C6H13N3/c1-4-6(7)5(2)9-8-3/h4,7H2,1-3H3/b6-5-,9-8-. The molecule has 9 heavy (non-hydrogen) atoms. The maximum Gasteiger partial charge on any atom is 0.0781 e. The summed E-state index contributed by atoms with van der Waals surface area (Å²) in [5.41, 5.74) is 7.15. The highest BCUT2D eigenvalue weighted by Gasteiger charge is 1.89. The number of rotatable bonds is 2. The fraction of sp³-hybridized carbons (Fsp3) is 0.667. The van der Waals surface area contributed by atoms with Crippen molar-refractivity contribution in [2.45, 2.75) is 20.3 Å². The molecule has 52 valence electrons. The van der Waals surface area contributed by atoms with Gasteiger partial charge in [0.15, 0.2) is 0 Å². The van der Waals surface area contributed by atoms with Gasteiger partial charge in [0.25, 0.3) is 0 Å². The molecule has 0 aliphatic heterocycles. The van der Waals surface area contributed by atoms with E-state index >= 15 is 0 Å². The van der Waals surface area contributed by atoms with E-state index in [2.05, 4.69) is 10.2 Å². The van der Waals surface area contributed by atoms with Crippen LogP contribution in [0.4, 0.5) is 0 Å². The van der Waals surface area contributed by atoms with E-state index in [1.807, 2.05) is 13.8 Å². The van der Waals surface area contributed by atoms with Gasteiger partial charge in [-0.1, -0.05) is 6.92 Å². The van der Waals surface area contributed by atoms with Gasteiger partial charge in [0.2, 0.25) is 0 Å². The van der Waals surface area contributed by atoms with Crippen LogP contribution >= 0.6 is 0 Å².